The van der Waals surface area contributed by atoms with Crippen LogP contribution >= 0.6 is 0 Å². The van der Waals surface area contributed by atoms with Crippen molar-refractivity contribution in [3.05, 3.63) is 29.3 Å². The largest absolute Gasteiger partial charge is 0.493 e. The van der Waals surface area contributed by atoms with Gasteiger partial charge in [0.1, 0.15) is 5.75 Å². The second kappa shape index (κ2) is 6.95. The molecule has 1 aromatic carbocycles. The number of aryl methyl sites for hydroxylation is 1. The number of hydrogen-bond donors (Lipinski definition) is 1. The van der Waals surface area contributed by atoms with Gasteiger partial charge in [-0.15, -0.1) is 0 Å². The molecule has 0 bridgehead atoms. The quantitative estimate of drug-likeness (QED) is 0.874. The van der Waals surface area contributed by atoms with Gasteiger partial charge < -0.3 is 10.5 Å². The van der Waals surface area contributed by atoms with Crippen molar-refractivity contribution in [2.75, 3.05) is 6.61 Å². The summed E-state index contributed by atoms with van der Waals surface area (Å²) in [6.45, 7) is 5.05. The van der Waals surface area contributed by atoms with Gasteiger partial charge in [0.2, 0.25) is 0 Å². The molecule has 1 saturated carbocycles. The molecule has 0 heterocycles. The Hall–Kier alpha value is -1.02. The molecule has 1 atom stereocenters. The van der Waals surface area contributed by atoms with Gasteiger partial charge in [-0.3, -0.25) is 0 Å². The SMILES string of the molecule is Cc1cccc(CC(C)N)c1OCC1CCCCC1. The standard InChI is InChI=1S/C17H27NO/c1-13-7-6-10-16(11-14(2)18)17(13)19-12-15-8-4-3-5-9-15/h6-7,10,14-15H,3-5,8-9,11-12,18H2,1-2H3. The first-order chi connectivity index (χ1) is 9.16. The molecule has 19 heavy (non-hydrogen) atoms. The van der Waals surface area contributed by atoms with Gasteiger partial charge in [-0.1, -0.05) is 37.5 Å². The van der Waals surface area contributed by atoms with Crippen LogP contribution in [0.3, 0.4) is 0 Å². The summed E-state index contributed by atoms with van der Waals surface area (Å²) in [5, 5.41) is 0. The summed E-state index contributed by atoms with van der Waals surface area (Å²) in [5.41, 5.74) is 8.41. The van der Waals surface area contributed by atoms with Gasteiger partial charge in [0.15, 0.2) is 0 Å². The maximum atomic E-state index is 6.15. The van der Waals surface area contributed by atoms with Gasteiger partial charge in [0.05, 0.1) is 6.61 Å². The maximum Gasteiger partial charge on any atom is 0.125 e. The lowest BCUT2D eigenvalue weighted by atomic mass is 9.90. The summed E-state index contributed by atoms with van der Waals surface area (Å²) >= 11 is 0. The van der Waals surface area contributed by atoms with E-state index in [2.05, 4.69) is 25.1 Å². The van der Waals surface area contributed by atoms with Crippen LogP contribution in [0.5, 0.6) is 5.75 Å². The van der Waals surface area contributed by atoms with Crippen molar-refractivity contribution in [2.45, 2.75) is 58.4 Å². The normalized spacial score (nSPS) is 18.3. The highest BCUT2D eigenvalue weighted by Gasteiger charge is 2.16. The Bertz CT molecular complexity index is 394. The Morgan fingerprint density at radius 2 is 2.00 bits per heavy atom. The lowest BCUT2D eigenvalue weighted by molar-refractivity contribution is 0.206. The Morgan fingerprint density at radius 3 is 2.68 bits per heavy atom. The van der Waals surface area contributed by atoms with Crippen LogP contribution in [-0.2, 0) is 6.42 Å². The first kappa shape index (κ1) is 14.4. The minimum Gasteiger partial charge on any atom is -0.493 e. The average molecular weight is 261 g/mol. The van der Waals surface area contributed by atoms with Crippen LogP contribution in [0.4, 0.5) is 0 Å². The predicted molar refractivity (Wildman–Crippen MR) is 80.6 cm³/mol. The van der Waals surface area contributed by atoms with Crippen molar-refractivity contribution in [2.24, 2.45) is 11.7 Å². The van der Waals surface area contributed by atoms with E-state index in [4.69, 9.17) is 10.5 Å². The Balaban J connectivity index is 2.01. The highest BCUT2D eigenvalue weighted by atomic mass is 16.5. The van der Waals surface area contributed by atoms with E-state index in [0.717, 1.165) is 24.7 Å². The van der Waals surface area contributed by atoms with Crippen LogP contribution in [0.25, 0.3) is 0 Å². The number of para-hydroxylation sites is 1. The summed E-state index contributed by atoms with van der Waals surface area (Å²) in [5.74, 6) is 1.82. The lowest BCUT2D eigenvalue weighted by Crippen LogP contribution is -2.20. The number of ether oxygens (including phenoxy) is 1. The van der Waals surface area contributed by atoms with E-state index >= 15 is 0 Å². The molecule has 2 nitrogen and oxygen atoms in total. The monoisotopic (exact) mass is 261 g/mol. The summed E-state index contributed by atoms with van der Waals surface area (Å²) in [6, 6.07) is 6.55. The van der Waals surface area contributed by atoms with Gasteiger partial charge in [-0.25, -0.2) is 0 Å². The summed E-state index contributed by atoms with van der Waals surface area (Å²) < 4.78 is 6.15. The highest BCUT2D eigenvalue weighted by molar-refractivity contribution is 5.41. The lowest BCUT2D eigenvalue weighted by Gasteiger charge is -2.23. The first-order valence-electron chi connectivity index (χ1n) is 7.63. The number of hydrogen-bond acceptors (Lipinski definition) is 2. The molecule has 0 spiro atoms. The van der Waals surface area contributed by atoms with Crippen LogP contribution in [-0.4, -0.2) is 12.6 Å². The van der Waals surface area contributed by atoms with Crippen LogP contribution in [0.1, 0.15) is 50.2 Å². The Morgan fingerprint density at radius 1 is 1.26 bits per heavy atom. The first-order valence-corrected chi connectivity index (χ1v) is 7.63. The van der Waals surface area contributed by atoms with Crippen LogP contribution in [0.15, 0.2) is 18.2 Å². The van der Waals surface area contributed by atoms with E-state index in [1.807, 2.05) is 6.92 Å². The maximum absolute atomic E-state index is 6.15. The molecule has 0 saturated heterocycles. The zero-order valence-corrected chi connectivity index (χ0v) is 12.3. The van der Waals surface area contributed by atoms with E-state index in [1.165, 1.54) is 43.2 Å². The Kier molecular flexibility index (Phi) is 5.26. The molecule has 0 aromatic heterocycles. The summed E-state index contributed by atoms with van der Waals surface area (Å²) in [4.78, 5) is 0. The van der Waals surface area contributed by atoms with Crippen molar-refractivity contribution in [3.63, 3.8) is 0 Å². The molecule has 0 amide bonds. The zero-order valence-electron chi connectivity index (χ0n) is 12.3. The minimum absolute atomic E-state index is 0.179. The van der Waals surface area contributed by atoms with Crippen molar-refractivity contribution in [1.29, 1.82) is 0 Å². The molecule has 1 aromatic rings. The summed E-state index contributed by atoms with van der Waals surface area (Å²) in [7, 11) is 0. The minimum atomic E-state index is 0.179. The molecule has 2 heteroatoms. The van der Waals surface area contributed by atoms with Gasteiger partial charge in [0.25, 0.3) is 0 Å². The van der Waals surface area contributed by atoms with Crippen LogP contribution in [0, 0.1) is 12.8 Å². The van der Waals surface area contributed by atoms with Gasteiger partial charge >= 0.3 is 0 Å². The molecule has 106 valence electrons. The van der Waals surface area contributed by atoms with Crippen molar-refractivity contribution in [1.82, 2.24) is 0 Å². The van der Waals surface area contributed by atoms with Crippen molar-refractivity contribution >= 4 is 0 Å². The fourth-order valence-corrected chi connectivity index (χ4v) is 2.98. The topological polar surface area (TPSA) is 35.2 Å². The second-order valence-electron chi connectivity index (χ2n) is 6.06. The van der Waals surface area contributed by atoms with E-state index < -0.39 is 0 Å². The van der Waals surface area contributed by atoms with E-state index in [-0.39, 0.29) is 6.04 Å². The van der Waals surface area contributed by atoms with Gasteiger partial charge in [0, 0.05) is 6.04 Å². The molecule has 2 rings (SSSR count). The number of rotatable bonds is 5. The molecule has 1 unspecified atom stereocenters. The van der Waals surface area contributed by atoms with Gasteiger partial charge in [-0.05, 0) is 50.2 Å². The highest BCUT2D eigenvalue weighted by Crippen LogP contribution is 2.28. The molecule has 1 aliphatic carbocycles. The molecule has 0 aliphatic heterocycles. The van der Waals surface area contributed by atoms with Crippen LogP contribution < -0.4 is 10.5 Å². The van der Waals surface area contributed by atoms with Gasteiger partial charge in [-0.2, -0.15) is 0 Å². The molecular formula is C17H27NO. The molecule has 1 aliphatic rings. The number of nitrogens with two attached hydrogens (primary N) is 1. The zero-order chi connectivity index (χ0) is 13.7. The van der Waals surface area contributed by atoms with E-state index in [9.17, 15) is 0 Å². The van der Waals surface area contributed by atoms with Crippen molar-refractivity contribution in [3.8, 4) is 5.75 Å². The third-order valence-electron chi connectivity index (χ3n) is 4.02. The fraction of sp³-hybridized carbons (Fsp3) is 0.647. The Labute approximate surface area is 117 Å². The predicted octanol–water partition coefficient (Wildman–Crippen LogP) is 3.84. The average Bonchev–Trinajstić information content (AvgIpc) is 2.38. The molecular weight excluding hydrogens is 234 g/mol. The molecule has 2 N–H and O–H groups in total. The third-order valence-corrected chi connectivity index (χ3v) is 4.02. The van der Waals surface area contributed by atoms with E-state index in [1.54, 1.807) is 0 Å². The fourth-order valence-electron chi connectivity index (χ4n) is 2.98. The van der Waals surface area contributed by atoms with Crippen LogP contribution in [0.2, 0.25) is 0 Å². The molecule has 1 fully saturated rings. The second-order valence-corrected chi connectivity index (χ2v) is 6.06. The third kappa shape index (κ3) is 4.24. The summed E-state index contributed by atoms with van der Waals surface area (Å²) in [6.07, 6.45) is 7.68. The van der Waals surface area contributed by atoms with E-state index in [0.29, 0.717) is 0 Å². The number of benzene rings is 1. The molecule has 0 radical (unpaired) electrons. The smallest absolute Gasteiger partial charge is 0.125 e. The van der Waals surface area contributed by atoms with Crippen molar-refractivity contribution < 1.29 is 4.74 Å².